The molecule has 3 rings (SSSR count). The van der Waals surface area contributed by atoms with Crippen LogP contribution in [-0.2, 0) is 4.79 Å². The maximum atomic E-state index is 12.8. The second-order valence-corrected chi connectivity index (χ2v) is 4.97. The molecule has 1 N–H and O–H groups in total. The zero-order chi connectivity index (χ0) is 16.8. The van der Waals surface area contributed by atoms with Gasteiger partial charge in [-0.25, -0.2) is 4.39 Å². The third kappa shape index (κ3) is 4.14. The molecule has 0 saturated carbocycles. The maximum absolute atomic E-state index is 12.8. The van der Waals surface area contributed by atoms with E-state index in [1.807, 2.05) is 6.07 Å². The van der Waals surface area contributed by atoms with Gasteiger partial charge in [0.2, 0.25) is 12.7 Å². The molecular formula is C19H14FNO3. The number of hydrogen-bond donors (Lipinski definition) is 1. The number of carbonyl (C=O) groups excluding carboxylic acids is 1. The number of rotatable bonds is 3. The number of carbonyl (C=O) groups is 1. The summed E-state index contributed by atoms with van der Waals surface area (Å²) in [4.78, 5) is 11.7. The Morgan fingerprint density at radius 1 is 1.17 bits per heavy atom. The molecule has 2 aromatic carbocycles. The molecule has 0 aromatic heterocycles. The Labute approximate surface area is 138 Å². The van der Waals surface area contributed by atoms with E-state index in [1.165, 1.54) is 18.2 Å². The average molecular weight is 323 g/mol. The predicted octanol–water partition coefficient (Wildman–Crippen LogP) is 2.74. The molecule has 0 saturated heterocycles. The summed E-state index contributed by atoms with van der Waals surface area (Å²) in [6.07, 6.45) is 3.11. The number of ether oxygens (including phenoxy) is 2. The van der Waals surface area contributed by atoms with Crippen LogP contribution in [0.3, 0.4) is 0 Å². The van der Waals surface area contributed by atoms with Crippen LogP contribution in [0.4, 0.5) is 4.39 Å². The first-order valence-electron chi connectivity index (χ1n) is 7.31. The van der Waals surface area contributed by atoms with Crippen molar-refractivity contribution in [3.63, 3.8) is 0 Å². The highest BCUT2D eigenvalue weighted by Gasteiger charge is 2.12. The van der Waals surface area contributed by atoms with Crippen LogP contribution in [0.1, 0.15) is 11.1 Å². The molecule has 4 nitrogen and oxygen atoms in total. The average Bonchev–Trinajstić information content (AvgIpc) is 3.06. The number of benzene rings is 2. The van der Waals surface area contributed by atoms with E-state index in [-0.39, 0.29) is 25.1 Å². The Morgan fingerprint density at radius 2 is 1.96 bits per heavy atom. The van der Waals surface area contributed by atoms with Gasteiger partial charge in [-0.05, 0) is 48.0 Å². The van der Waals surface area contributed by atoms with E-state index in [1.54, 1.807) is 30.3 Å². The van der Waals surface area contributed by atoms with Crippen LogP contribution in [0.25, 0.3) is 6.08 Å². The van der Waals surface area contributed by atoms with Crippen molar-refractivity contribution in [1.29, 1.82) is 0 Å². The number of amides is 1. The first kappa shape index (κ1) is 15.6. The van der Waals surface area contributed by atoms with Crippen molar-refractivity contribution in [3.8, 4) is 23.3 Å². The number of nitrogens with one attached hydrogen (secondary N) is 1. The molecule has 0 bridgehead atoms. The number of fused-ring (bicyclic) bond motifs is 1. The summed E-state index contributed by atoms with van der Waals surface area (Å²) in [5.41, 5.74) is 1.54. The van der Waals surface area contributed by atoms with Gasteiger partial charge in [-0.2, -0.15) is 0 Å². The molecule has 0 fully saturated rings. The highest BCUT2D eigenvalue weighted by atomic mass is 19.1. The molecule has 5 heteroatoms. The summed E-state index contributed by atoms with van der Waals surface area (Å²) < 4.78 is 23.3. The topological polar surface area (TPSA) is 47.6 Å². The summed E-state index contributed by atoms with van der Waals surface area (Å²) >= 11 is 0. The van der Waals surface area contributed by atoms with Gasteiger partial charge in [0.05, 0.1) is 6.54 Å². The van der Waals surface area contributed by atoms with Crippen molar-refractivity contribution in [3.05, 3.63) is 65.5 Å². The van der Waals surface area contributed by atoms with Crippen LogP contribution in [0, 0.1) is 17.7 Å². The second kappa shape index (κ2) is 7.34. The van der Waals surface area contributed by atoms with Gasteiger partial charge >= 0.3 is 0 Å². The van der Waals surface area contributed by atoms with Crippen molar-refractivity contribution < 1.29 is 18.7 Å². The minimum absolute atomic E-state index is 0.210. The highest BCUT2D eigenvalue weighted by molar-refractivity contribution is 5.91. The zero-order valence-corrected chi connectivity index (χ0v) is 12.7. The van der Waals surface area contributed by atoms with E-state index < -0.39 is 0 Å². The third-order valence-electron chi connectivity index (χ3n) is 3.25. The fourth-order valence-corrected chi connectivity index (χ4v) is 2.06. The quantitative estimate of drug-likeness (QED) is 0.698. The van der Waals surface area contributed by atoms with Gasteiger partial charge in [0.15, 0.2) is 11.5 Å². The molecule has 1 heterocycles. The van der Waals surface area contributed by atoms with Crippen LogP contribution in [0.15, 0.2) is 48.5 Å². The summed E-state index contributed by atoms with van der Waals surface area (Å²) in [6, 6.07) is 11.3. The fraction of sp³-hybridized carbons (Fsp3) is 0.105. The van der Waals surface area contributed by atoms with Crippen LogP contribution < -0.4 is 14.8 Å². The molecule has 24 heavy (non-hydrogen) atoms. The Kier molecular flexibility index (Phi) is 4.78. The Morgan fingerprint density at radius 3 is 2.79 bits per heavy atom. The summed E-state index contributed by atoms with van der Waals surface area (Å²) in [6.45, 7) is 0.428. The van der Waals surface area contributed by atoms with E-state index in [9.17, 15) is 9.18 Å². The SMILES string of the molecule is O=C(/C=C/c1ccc2c(c1)OCO2)NCC#Cc1ccc(F)cc1. The summed E-state index contributed by atoms with van der Waals surface area (Å²) in [7, 11) is 0. The first-order chi connectivity index (χ1) is 11.7. The molecule has 0 spiro atoms. The summed E-state index contributed by atoms with van der Waals surface area (Å²) in [5, 5.41) is 2.66. The Bertz CT molecular complexity index is 832. The number of halogens is 1. The smallest absolute Gasteiger partial charge is 0.244 e. The van der Waals surface area contributed by atoms with Crippen molar-refractivity contribution in [2.45, 2.75) is 0 Å². The second-order valence-electron chi connectivity index (χ2n) is 4.97. The zero-order valence-electron chi connectivity index (χ0n) is 12.7. The third-order valence-corrected chi connectivity index (χ3v) is 3.25. The Hall–Kier alpha value is -3.26. The lowest BCUT2D eigenvalue weighted by Crippen LogP contribution is -2.20. The van der Waals surface area contributed by atoms with Crippen LogP contribution in [-0.4, -0.2) is 19.2 Å². The van der Waals surface area contributed by atoms with Crippen LogP contribution in [0.5, 0.6) is 11.5 Å². The molecule has 0 atom stereocenters. The standard InChI is InChI=1S/C19H14FNO3/c20-16-7-3-14(4-8-16)2-1-11-21-19(22)10-6-15-5-9-17-18(12-15)24-13-23-17/h3-10,12H,11,13H2,(H,21,22)/b10-6+. The molecule has 2 aromatic rings. The van der Waals surface area contributed by atoms with Crippen molar-refractivity contribution in [2.24, 2.45) is 0 Å². The van der Waals surface area contributed by atoms with Crippen LogP contribution in [0.2, 0.25) is 0 Å². The lowest BCUT2D eigenvalue weighted by Gasteiger charge is -1.98. The van der Waals surface area contributed by atoms with E-state index in [0.717, 1.165) is 5.56 Å². The largest absolute Gasteiger partial charge is 0.454 e. The molecule has 0 unspecified atom stereocenters. The lowest BCUT2D eigenvalue weighted by molar-refractivity contribution is -0.116. The fourth-order valence-electron chi connectivity index (χ4n) is 2.06. The lowest BCUT2D eigenvalue weighted by atomic mass is 10.2. The molecular weight excluding hydrogens is 309 g/mol. The number of hydrogen-bond acceptors (Lipinski definition) is 3. The van der Waals surface area contributed by atoms with Crippen molar-refractivity contribution >= 4 is 12.0 Å². The summed E-state index contributed by atoms with van der Waals surface area (Å²) in [5.74, 6) is 6.47. The highest BCUT2D eigenvalue weighted by Crippen LogP contribution is 2.32. The van der Waals surface area contributed by atoms with Crippen molar-refractivity contribution in [2.75, 3.05) is 13.3 Å². The minimum atomic E-state index is -0.303. The van der Waals surface area contributed by atoms with E-state index >= 15 is 0 Å². The molecule has 1 amide bonds. The Balaban J connectivity index is 1.50. The molecule has 0 aliphatic carbocycles. The van der Waals surface area contributed by atoms with Gasteiger partial charge in [-0.3, -0.25) is 4.79 Å². The van der Waals surface area contributed by atoms with Crippen LogP contribution >= 0.6 is 0 Å². The van der Waals surface area contributed by atoms with E-state index in [4.69, 9.17) is 9.47 Å². The van der Waals surface area contributed by atoms with E-state index in [2.05, 4.69) is 17.2 Å². The normalized spacial score (nSPS) is 11.9. The monoisotopic (exact) mass is 323 g/mol. The maximum Gasteiger partial charge on any atom is 0.244 e. The molecule has 1 aliphatic heterocycles. The molecule has 120 valence electrons. The van der Waals surface area contributed by atoms with Gasteiger partial charge in [0.25, 0.3) is 0 Å². The molecule has 0 radical (unpaired) electrons. The van der Waals surface area contributed by atoms with Gasteiger partial charge in [0, 0.05) is 11.6 Å². The van der Waals surface area contributed by atoms with Gasteiger partial charge < -0.3 is 14.8 Å². The molecule has 1 aliphatic rings. The first-order valence-corrected chi connectivity index (χ1v) is 7.31. The van der Waals surface area contributed by atoms with Gasteiger partial charge in [-0.15, -0.1) is 0 Å². The van der Waals surface area contributed by atoms with Gasteiger partial charge in [-0.1, -0.05) is 17.9 Å². The predicted molar refractivity (Wildman–Crippen MR) is 87.9 cm³/mol. The van der Waals surface area contributed by atoms with E-state index in [0.29, 0.717) is 17.1 Å². The van der Waals surface area contributed by atoms with Crippen molar-refractivity contribution in [1.82, 2.24) is 5.32 Å². The van der Waals surface area contributed by atoms with Gasteiger partial charge in [0.1, 0.15) is 5.82 Å². The minimum Gasteiger partial charge on any atom is -0.454 e.